The summed E-state index contributed by atoms with van der Waals surface area (Å²) in [7, 11) is 3.07. The van der Waals surface area contributed by atoms with E-state index in [1.165, 1.54) is 25.3 Å². The number of anilines is 1. The summed E-state index contributed by atoms with van der Waals surface area (Å²) < 4.78 is 12.6. The molecule has 0 aliphatic carbocycles. The number of nitrogens with one attached hydrogen (secondary N) is 2. The summed E-state index contributed by atoms with van der Waals surface area (Å²) in [6.45, 7) is 5.99. The van der Waals surface area contributed by atoms with Gasteiger partial charge >= 0.3 is 0 Å². The lowest BCUT2D eigenvalue weighted by Gasteiger charge is -2.25. The molecule has 7 nitrogen and oxygen atoms in total. The van der Waals surface area contributed by atoms with Gasteiger partial charge in [-0.15, -0.1) is 0 Å². The molecule has 4 rings (SSSR count). The van der Waals surface area contributed by atoms with E-state index in [0.29, 0.717) is 27.8 Å². The summed E-state index contributed by atoms with van der Waals surface area (Å²) >= 11 is 6.30. The van der Waals surface area contributed by atoms with Crippen LogP contribution in [0.4, 0.5) is 5.69 Å². The van der Waals surface area contributed by atoms with Crippen molar-refractivity contribution < 1.29 is 14.3 Å². The number of amides is 1. The molecule has 1 aliphatic heterocycles. The highest BCUT2D eigenvalue weighted by Gasteiger charge is 2.27. The van der Waals surface area contributed by atoms with Crippen molar-refractivity contribution in [1.82, 2.24) is 15.1 Å². The van der Waals surface area contributed by atoms with Crippen molar-refractivity contribution in [2.45, 2.75) is 32.6 Å². The number of methoxy groups -OCH3 is 2. The van der Waals surface area contributed by atoms with Gasteiger partial charge in [0, 0.05) is 12.0 Å². The maximum Gasteiger partial charge on any atom is 0.259 e. The van der Waals surface area contributed by atoms with Gasteiger partial charge in [-0.05, 0) is 69.1 Å². The maximum absolute atomic E-state index is 13.5. The second-order valence-electron chi connectivity index (χ2n) is 8.29. The van der Waals surface area contributed by atoms with Gasteiger partial charge in [-0.1, -0.05) is 17.7 Å². The van der Waals surface area contributed by atoms with E-state index in [4.69, 9.17) is 21.1 Å². The van der Waals surface area contributed by atoms with Gasteiger partial charge in [0.1, 0.15) is 11.5 Å². The molecule has 0 spiro atoms. The molecule has 0 saturated carbocycles. The summed E-state index contributed by atoms with van der Waals surface area (Å²) in [5, 5.41) is 11.4. The molecule has 1 amide bonds. The summed E-state index contributed by atoms with van der Waals surface area (Å²) in [5.74, 6) is 0.912. The predicted octanol–water partition coefficient (Wildman–Crippen LogP) is 4.88. The van der Waals surface area contributed by atoms with Gasteiger partial charge in [-0.25, -0.2) is 4.68 Å². The summed E-state index contributed by atoms with van der Waals surface area (Å²) in [5.41, 5.74) is 5.31. The number of benzene rings is 2. The van der Waals surface area contributed by atoms with Crippen molar-refractivity contribution in [1.29, 1.82) is 0 Å². The number of halogens is 1. The van der Waals surface area contributed by atoms with Crippen LogP contribution in [0.2, 0.25) is 5.02 Å². The monoisotopic (exact) mass is 468 g/mol. The van der Waals surface area contributed by atoms with Gasteiger partial charge in [-0.2, -0.15) is 5.10 Å². The van der Waals surface area contributed by atoms with E-state index in [1.54, 1.807) is 18.3 Å². The number of piperidine rings is 1. The van der Waals surface area contributed by atoms with Crippen LogP contribution in [-0.2, 0) is 0 Å². The SMILES string of the molecule is COc1cc(OC)c(NC(=O)c2cnn(-c3ccc(C)c(C)c3)c2C2CCNCC2)cc1Cl. The van der Waals surface area contributed by atoms with Crippen LogP contribution in [0.25, 0.3) is 5.69 Å². The third-order valence-corrected chi connectivity index (χ3v) is 6.53. The van der Waals surface area contributed by atoms with Crippen LogP contribution in [0.3, 0.4) is 0 Å². The molecule has 0 radical (unpaired) electrons. The van der Waals surface area contributed by atoms with Crippen LogP contribution in [0.1, 0.15) is 45.9 Å². The van der Waals surface area contributed by atoms with Gasteiger partial charge < -0.3 is 20.1 Å². The number of rotatable bonds is 6. The first-order valence-electron chi connectivity index (χ1n) is 11.0. The van der Waals surface area contributed by atoms with Gasteiger partial charge in [0.15, 0.2) is 0 Å². The molecular weight excluding hydrogens is 440 g/mol. The van der Waals surface area contributed by atoms with E-state index in [-0.39, 0.29) is 11.8 Å². The predicted molar refractivity (Wildman–Crippen MR) is 130 cm³/mol. The van der Waals surface area contributed by atoms with E-state index in [2.05, 4.69) is 41.7 Å². The first-order valence-corrected chi connectivity index (χ1v) is 11.4. The molecule has 2 aromatic carbocycles. The number of hydrogen-bond acceptors (Lipinski definition) is 5. The fraction of sp³-hybridized carbons (Fsp3) is 0.360. The molecule has 1 aromatic heterocycles. The summed E-state index contributed by atoms with van der Waals surface area (Å²) in [6.07, 6.45) is 3.53. The highest BCUT2D eigenvalue weighted by molar-refractivity contribution is 6.32. The number of carbonyl (C=O) groups excluding carboxylic acids is 1. The Morgan fingerprint density at radius 3 is 2.48 bits per heavy atom. The zero-order valence-corrected chi connectivity index (χ0v) is 20.1. The molecule has 2 heterocycles. The topological polar surface area (TPSA) is 77.4 Å². The van der Waals surface area contributed by atoms with Gasteiger partial charge in [-0.3, -0.25) is 4.79 Å². The van der Waals surface area contributed by atoms with Crippen molar-refractivity contribution in [2.24, 2.45) is 0 Å². The molecule has 1 saturated heterocycles. The Kier molecular flexibility index (Phi) is 6.91. The van der Waals surface area contributed by atoms with E-state index >= 15 is 0 Å². The number of nitrogens with zero attached hydrogens (tertiary/aromatic N) is 2. The average Bonchev–Trinajstić information content (AvgIpc) is 3.27. The third kappa shape index (κ3) is 4.70. The van der Waals surface area contributed by atoms with Crippen molar-refractivity contribution in [3.63, 3.8) is 0 Å². The van der Waals surface area contributed by atoms with Gasteiger partial charge in [0.25, 0.3) is 5.91 Å². The molecule has 3 aromatic rings. The number of hydrogen-bond donors (Lipinski definition) is 2. The van der Waals surface area contributed by atoms with E-state index < -0.39 is 0 Å². The Morgan fingerprint density at radius 1 is 1.09 bits per heavy atom. The van der Waals surface area contributed by atoms with Crippen molar-refractivity contribution in [3.8, 4) is 17.2 Å². The Hall–Kier alpha value is -3.03. The lowest BCUT2D eigenvalue weighted by Crippen LogP contribution is -2.29. The first-order chi connectivity index (χ1) is 15.9. The lowest BCUT2D eigenvalue weighted by atomic mass is 9.91. The van der Waals surface area contributed by atoms with Crippen LogP contribution in [0.15, 0.2) is 36.5 Å². The molecule has 1 fully saturated rings. The smallest absolute Gasteiger partial charge is 0.259 e. The normalized spacial score (nSPS) is 14.2. The van der Waals surface area contributed by atoms with Gasteiger partial charge in [0.05, 0.1) is 48.1 Å². The molecule has 174 valence electrons. The minimum Gasteiger partial charge on any atom is -0.495 e. The third-order valence-electron chi connectivity index (χ3n) is 6.23. The average molecular weight is 469 g/mol. The quantitative estimate of drug-likeness (QED) is 0.539. The maximum atomic E-state index is 13.5. The fourth-order valence-electron chi connectivity index (χ4n) is 4.23. The van der Waals surface area contributed by atoms with Crippen LogP contribution >= 0.6 is 11.6 Å². The minimum atomic E-state index is -0.252. The van der Waals surface area contributed by atoms with Gasteiger partial charge in [0.2, 0.25) is 0 Å². The summed E-state index contributed by atoms with van der Waals surface area (Å²) in [6, 6.07) is 9.54. The highest BCUT2D eigenvalue weighted by Crippen LogP contribution is 2.37. The molecule has 0 bridgehead atoms. The standard InChI is InChI=1S/C25H29ClN4O3/c1-15-5-6-18(11-16(15)2)30-24(17-7-9-27-10-8-17)19(14-28-30)25(31)29-21-12-20(26)22(32-3)13-23(21)33-4/h5-6,11-14,17,27H,7-10H2,1-4H3,(H,29,31). The Balaban J connectivity index is 1.74. The second-order valence-corrected chi connectivity index (χ2v) is 8.70. The number of aryl methyl sites for hydroxylation is 2. The Morgan fingerprint density at radius 2 is 1.82 bits per heavy atom. The summed E-state index contributed by atoms with van der Waals surface area (Å²) in [4.78, 5) is 13.5. The Bertz CT molecular complexity index is 1170. The molecule has 33 heavy (non-hydrogen) atoms. The highest BCUT2D eigenvalue weighted by atomic mass is 35.5. The largest absolute Gasteiger partial charge is 0.495 e. The molecular formula is C25H29ClN4O3. The second kappa shape index (κ2) is 9.85. The van der Waals surface area contributed by atoms with Crippen LogP contribution in [0, 0.1) is 13.8 Å². The van der Waals surface area contributed by atoms with Crippen molar-refractivity contribution in [3.05, 3.63) is 63.9 Å². The van der Waals surface area contributed by atoms with E-state index in [1.807, 2.05) is 10.7 Å². The van der Waals surface area contributed by atoms with Crippen LogP contribution in [-0.4, -0.2) is 43.0 Å². The zero-order valence-electron chi connectivity index (χ0n) is 19.4. The zero-order chi connectivity index (χ0) is 23.5. The van der Waals surface area contributed by atoms with Crippen molar-refractivity contribution >= 4 is 23.2 Å². The lowest BCUT2D eigenvalue weighted by molar-refractivity contribution is 0.102. The number of ether oxygens (including phenoxy) is 2. The fourth-order valence-corrected chi connectivity index (χ4v) is 4.47. The molecule has 1 aliphatic rings. The van der Waals surface area contributed by atoms with Crippen LogP contribution < -0.4 is 20.1 Å². The van der Waals surface area contributed by atoms with E-state index in [9.17, 15) is 4.79 Å². The molecule has 2 N–H and O–H groups in total. The number of carbonyl (C=O) groups is 1. The molecule has 0 unspecified atom stereocenters. The first kappa shape index (κ1) is 23.1. The van der Waals surface area contributed by atoms with Crippen LogP contribution in [0.5, 0.6) is 11.5 Å². The van der Waals surface area contributed by atoms with E-state index in [0.717, 1.165) is 37.3 Å². The molecule has 0 atom stereocenters. The number of aromatic nitrogens is 2. The van der Waals surface area contributed by atoms with Crippen molar-refractivity contribution in [2.75, 3.05) is 32.6 Å². The minimum absolute atomic E-state index is 0.220. The Labute approximate surface area is 199 Å². The molecule has 8 heteroatoms.